The number of fused-ring (bicyclic) bond motifs is 3. The van der Waals surface area contributed by atoms with Crippen molar-refractivity contribution in [2.75, 3.05) is 16.8 Å². The molecule has 0 unspecified atom stereocenters. The Balaban J connectivity index is 1.25. The minimum Gasteiger partial charge on any atom is -0.452 e. The Bertz CT molecular complexity index is 2090. The van der Waals surface area contributed by atoms with E-state index in [1.165, 1.54) is 33.4 Å². The molecule has 0 spiro atoms. The standard InChI is InChI=1S/C41H30N2O/c1-3-11-29(12-4-1)30-20-24-33(25-21-30)43(38-18-9-17-37-40-39(44-41(37)38)19-10-28-42-40)34-26-22-32(23-27-34)36-16-8-7-15-35(36)31-13-5-2-6-14-31/h1-27,42H,28H2. The Morgan fingerprint density at radius 1 is 0.500 bits per heavy atom. The summed E-state index contributed by atoms with van der Waals surface area (Å²) in [7, 11) is 0. The average molecular weight is 567 g/mol. The molecule has 3 heteroatoms. The molecule has 44 heavy (non-hydrogen) atoms. The summed E-state index contributed by atoms with van der Waals surface area (Å²) in [6, 6.07) is 53.7. The molecule has 0 radical (unpaired) electrons. The average Bonchev–Trinajstić information content (AvgIpc) is 3.49. The van der Waals surface area contributed by atoms with Crippen LogP contribution in [0.3, 0.4) is 0 Å². The van der Waals surface area contributed by atoms with Gasteiger partial charge in [0.25, 0.3) is 0 Å². The van der Waals surface area contributed by atoms with Gasteiger partial charge in [-0.25, -0.2) is 0 Å². The molecule has 3 nitrogen and oxygen atoms in total. The van der Waals surface area contributed by atoms with Crippen molar-refractivity contribution in [2.45, 2.75) is 0 Å². The Morgan fingerprint density at radius 2 is 1.05 bits per heavy atom. The van der Waals surface area contributed by atoms with E-state index in [0.29, 0.717) is 0 Å². The third-order valence-corrected chi connectivity index (χ3v) is 8.31. The fourth-order valence-corrected chi connectivity index (χ4v) is 6.18. The molecule has 0 saturated heterocycles. The van der Waals surface area contributed by atoms with E-state index in [4.69, 9.17) is 4.42 Å². The van der Waals surface area contributed by atoms with E-state index in [2.05, 4.69) is 174 Å². The maximum absolute atomic E-state index is 6.51. The van der Waals surface area contributed by atoms with Crippen molar-refractivity contribution >= 4 is 39.8 Å². The third kappa shape index (κ3) is 4.65. The van der Waals surface area contributed by atoms with E-state index in [9.17, 15) is 0 Å². The summed E-state index contributed by atoms with van der Waals surface area (Å²) in [4.78, 5) is 2.29. The van der Waals surface area contributed by atoms with Gasteiger partial charge in [0.1, 0.15) is 0 Å². The zero-order valence-corrected chi connectivity index (χ0v) is 24.2. The first kappa shape index (κ1) is 25.9. The maximum atomic E-state index is 6.51. The zero-order valence-electron chi connectivity index (χ0n) is 24.2. The predicted molar refractivity (Wildman–Crippen MR) is 185 cm³/mol. The van der Waals surface area contributed by atoms with Crippen molar-refractivity contribution in [1.29, 1.82) is 0 Å². The molecular formula is C41H30N2O. The van der Waals surface area contributed by atoms with Crippen LogP contribution in [0.2, 0.25) is 0 Å². The number of nitrogens with one attached hydrogen (secondary N) is 1. The number of furan rings is 1. The lowest BCUT2D eigenvalue weighted by molar-refractivity contribution is 0.604. The summed E-state index contributed by atoms with van der Waals surface area (Å²) in [5.41, 5.74) is 12.2. The normalized spacial score (nSPS) is 12.1. The van der Waals surface area contributed by atoms with Crippen LogP contribution >= 0.6 is 0 Å². The molecule has 8 rings (SSSR count). The number of benzene rings is 6. The van der Waals surface area contributed by atoms with E-state index in [1.54, 1.807) is 0 Å². The van der Waals surface area contributed by atoms with Crippen molar-refractivity contribution in [1.82, 2.24) is 0 Å². The van der Waals surface area contributed by atoms with Crippen LogP contribution in [0.4, 0.5) is 22.7 Å². The van der Waals surface area contributed by atoms with Gasteiger partial charge in [-0.2, -0.15) is 0 Å². The summed E-state index contributed by atoms with van der Waals surface area (Å²) in [6.45, 7) is 0.794. The van der Waals surface area contributed by atoms with Crippen LogP contribution in [-0.2, 0) is 0 Å². The summed E-state index contributed by atoms with van der Waals surface area (Å²) >= 11 is 0. The Hall–Kier alpha value is -5.80. The maximum Gasteiger partial charge on any atom is 0.160 e. The van der Waals surface area contributed by atoms with Crippen molar-refractivity contribution in [3.63, 3.8) is 0 Å². The van der Waals surface area contributed by atoms with Gasteiger partial charge in [-0.3, -0.25) is 0 Å². The van der Waals surface area contributed by atoms with Crippen LogP contribution < -0.4 is 10.2 Å². The predicted octanol–water partition coefficient (Wildman–Crippen LogP) is 11.3. The first-order chi connectivity index (χ1) is 21.8. The van der Waals surface area contributed by atoms with E-state index < -0.39 is 0 Å². The molecule has 7 aromatic rings. The fraction of sp³-hybridized carbons (Fsp3) is 0.0244. The smallest absolute Gasteiger partial charge is 0.160 e. The second kappa shape index (κ2) is 11.1. The molecule has 1 N–H and O–H groups in total. The molecule has 0 atom stereocenters. The van der Waals surface area contributed by atoms with Crippen LogP contribution in [0, 0.1) is 0 Å². The van der Waals surface area contributed by atoms with Crippen LogP contribution in [0.15, 0.2) is 162 Å². The number of rotatable bonds is 6. The van der Waals surface area contributed by atoms with Gasteiger partial charge < -0.3 is 14.6 Å². The van der Waals surface area contributed by atoms with E-state index >= 15 is 0 Å². The summed E-state index contributed by atoms with van der Waals surface area (Å²) in [6.07, 6.45) is 4.16. The van der Waals surface area contributed by atoms with Crippen LogP contribution in [-0.4, -0.2) is 6.54 Å². The van der Waals surface area contributed by atoms with Crippen molar-refractivity contribution in [2.24, 2.45) is 0 Å². The first-order valence-corrected chi connectivity index (χ1v) is 15.0. The molecule has 6 aromatic carbocycles. The molecule has 210 valence electrons. The van der Waals surface area contributed by atoms with Gasteiger partial charge in [-0.15, -0.1) is 0 Å². The summed E-state index contributed by atoms with van der Waals surface area (Å²) in [5, 5.41) is 4.59. The van der Waals surface area contributed by atoms with Gasteiger partial charge in [-0.05, 0) is 75.9 Å². The van der Waals surface area contributed by atoms with Crippen LogP contribution in [0.25, 0.3) is 50.4 Å². The van der Waals surface area contributed by atoms with Gasteiger partial charge in [0.15, 0.2) is 11.3 Å². The van der Waals surface area contributed by atoms with Crippen molar-refractivity contribution in [3.05, 3.63) is 163 Å². The molecule has 0 saturated carbocycles. The minimum absolute atomic E-state index is 0.794. The van der Waals surface area contributed by atoms with Gasteiger partial charge in [0.05, 0.1) is 11.4 Å². The lowest BCUT2D eigenvalue weighted by Crippen LogP contribution is -2.10. The van der Waals surface area contributed by atoms with Gasteiger partial charge in [0, 0.05) is 23.3 Å². The monoisotopic (exact) mass is 566 g/mol. The second-order valence-corrected chi connectivity index (χ2v) is 11.0. The molecule has 2 heterocycles. The number of hydrogen-bond donors (Lipinski definition) is 1. The highest BCUT2D eigenvalue weighted by molar-refractivity contribution is 6.04. The summed E-state index contributed by atoms with van der Waals surface area (Å²) < 4.78 is 6.51. The Kier molecular flexibility index (Phi) is 6.54. The molecule has 0 fully saturated rings. The third-order valence-electron chi connectivity index (χ3n) is 8.31. The number of nitrogens with zero attached hydrogens (tertiary/aromatic N) is 1. The summed E-state index contributed by atoms with van der Waals surface area (Å²) in [5.74, 6) is 0.867. The molecule has 0 aliphatic carbocycles. The highest BCUT2D eigenvalue weighted by Crippen LogP contribution is 2.44. The molecule has 1 aliphatic heterocycles. The highest BCUT2D eigenvalue weighted by Gasteiger charge is 2.22. The van der Waals surface area contributed by atoms with Gasteiger partial charge in [-0.1, -0.05) is 121 Å². The van der Waals surface area contributed by atoms with E-state index in [0.717, 1.165) is 46.0 Å². The first-order valence-electron chi connectivity index (χ1n) is 15.0. The lowest BCUT2D eigenvalue weighted by atomic mass is 9.94. The molecule has 0 amide bonds. The van der Waals surface area contributed by atoms with Gasteiger partial charge >= 0.3 is 0 Å². The largest absolute Gasteiger partial charge is 0.452 e. The lowest BCUT2D eigenvalue weighted by Gasteiger charge is -2.26. The molecule has 1 aromatic heterocycles. The number of para-hydroxylation sites is 1. The molecule has 1 aliphatic rings. The quantitative estimate of drug-likeness (QED) is 0.217. The van der Waals surface area contributed by atoms with Crippen LogP contribution in [0.5, 0.6) is 0 Å². The van der Waals surface area contributed by atoms with Crippen molar-refractivity contribution < 1.29 is 4.42 Å². The van der Waals surface area contributed by atoms with E-state index in [1.807, 2.05) is 0 Å². The fourth-order valence-electron chi connectivity index (χ4n) is 6.18. The topological polar surface area (TPSA) is 28.4 Å². The molecule has 0 bridgehead atoms. The Morgan fingerprint density at radius 3 is 1.70 bits per heavy atom. The number of anilines is 4. The minimum atomic E-state index is 0.794. The van der Waals surface area contributed by atoms with Crippen molar-refractivity contribution in [3.8, 4) is 33.4 Å². The Labute approximate surface area is 257 Å². The number of hydrogen-bond acceptors (Lipinski definition) is 3. The van der Waals surface area contributed by atoms with Gasteiger partial charge in [0.2, 0.25) is 0 Å². The molecular weight excluding hydrogens is 536 g/mol. The van der Waals surface area contributed by atoms with E-state index in [-0.39, 0.29) is 0 Å². The highest BCUT2D eigenvalue weighted by atomic mass is 16.3. The zero-order chi connectivity index (χ0) is 29.3. The SMILES string of the molecule is C1=Cc2oc3c(N(c4ccc(-c5ccccc5)cc4)c4ccc(-c5ccccc5-c5ccccc5)cc4)cccc3c2NC1. The van der Waals surface area contributed by atoms with Crippen LogP contribution in [0.1, 0.15) is 5.76 Å². The second-order valence-electron chi connectivity index (χ2n) is 11.0.